The van der Waals surface area contributed by atoms with Crippen molar-refractivity contribution in [1.29, 1.82) is 0 Å². The molecule has 0 saturated heterocycles. The Morgan fingerprint density at radius 3 is 1.36 bits per heavy atom. The molecule has 0 heterocycles. The van der Waals surface area contributed by atoms with Gasteiger partial charge in [0.15, 0.2) is 0 Å². The quantitative estimate of drug-likeness (QED) is 0.177. The van der Waals surface area contributed by atoms with Crippen LogP contribution in [0.1, 0.15) is 110 Å². The summed E-state index contributed by atoms with van der Waals surface area (Å²) in [7, 11) is 0. The molecule has 0 aromatic carbocycles. The number of rotatable bonds is 17. The van der Waals surface area contributed by atoms with E-state index >= 15 is 0 Å². The van der Waals surface area contributed by atoms with E-state index in [1.165, 1.54) is 77.0 Å². The molecule has 0 unspecified atom stereocenters. The molecule has 0 amide bonds. The monoisotopic (exact) mass is 365 g/mol. The summed E-state index contributed by atoms with van der Waals surface area (Å²) in [5.41, 5.74) is 5.08. The Hall–Kier alpha value is 0.1000. The standard InChI is InChI=1S/C20H39NO3.Na.H/c1-2-3-4-5-6-7-8-9-10-11-12-13-14-15-16-17-19(22)24-20(23)18-21;;/h2-18,21H2,1H3;;. The van der Waals surface area contributed by atoms with Crippen LogP contribution in [0.5, 0.6) is 0 Å². The van der Waals surface area contributed by atoms with Crippen molar-refractivity contribution in [3.8, 4) is 0 Å². The van der Waals surface area contributed by atoms with Gasteiger partial charge < -0.3 is 10.5 Å². The average molecular weight is 366 g/mol. The van der Waals surface area contributed by atoms with E-state index in [2.05, 4.69) is 11.7 Å². The number of nitrogens with two attached hydrogens (primary N) is 1. The summed E-state index contributed by atoms with van der Waals surface area (Å²) in [5.74, 6) is -1.08. The maximum absolute atomic E-state index is 11.2. The van der Waals surface area contributed by atoms with Crippen LogP contribution in [0.15, 0.2) is 0 Å². The molecule has 5 heteroatoms. The topological polar surface area (TPSA) is 69.4 Å². The molecule has 0 rings (SSSR count). The fraction of sp³-hybridized carbons (Fsp3) is 0.900. The van der Waals surface area contributed by atoms with E-state index in [1.54, 1.807) is 0 Å². The molecule has 0 spiro atoms. The van der Waals surface area contributed by atoms with E-state index in [-0.39, 0.29) is 36.1 Å². The van der Waals surface area contributed by atoms with E-state index in [4.69, 9.17) is 5.73 Å². The zero-order valence-electron chi connectivity index (χ0n) is 15.8. The van der Waals surface area contributed by atoms with Crippen molar-refractivity contribution in [1.82, 2.24) is 0 Å². The van der Waals surface area contributed by atoms with Crippen molar-refractivity contribution >= 4 is 41.5 Å². The Morgan fingerprint density at radius 2 is 1.00 bits per heavy atom. The number of hydrogen-bond acceptors (Lipinski definition) is 4. The molecular weight excluding hydrogens is 325 g/mol. The van der Waals surface area contributed by atoms with Gasteiger partial charge in [-0.15, -0.1) is 0 Å². The van der Waals surface area contributed by atoms with Gasteiger partial charge in [-0.1, -0.05) is 96.8 Å². The molecule has 0 aromatic rings. The Kier molecular flexibility index (Phi) is 24.2. The third kappa shape index (κ3) is 22.1. The molecule has 0 saturated carbocycles. The summed E-state index contributed by atoms with van der Waals surface area (Å²) in [6.45, 7) is 2.03. The molecular formula is C20H40NNaO3. The fourth-order valence-electron chi connectivity index (χ4n) is 2.86. The average Bonchev–Trinajstić information content (AvgIpc) is 2.58. The molecule has 0 bridgehead atoms. The second-order valence-corrected chi connectivity index (χ2v) is 6.75. The Labute approximate surface area is 177 Å². The van der Waals surface area contributed by atoms with Crippen LogP contribution in [0.2, 0.25) is 0 Å². The second kappa shape index (κ2) is 22.1. The predicted octanol–water partition coefficient (Wildman–Crippen LogP) is 4.63. The van der Waals surface area contributed by atoms with Gasteiger partial charge in [-0.2, -0.15) is 0 Å². The van der Waals surface area contributed by atoms with Crippen molar-refractivity contribution in [3.63, 3.8) is 0 Å². The SMILES string of the molecule is CCCCCCCCCCCCCCCCCC(=O)OC(=O)CN.[NaH]. The zero-order valence-corrected chi connectivity index (χ0v) is 15.8. The first-order chi connectivity index (χ1) is 11.7. The van der Waals surface area contributed by atoms with Gasteiger partial charge in [0.05, 0.1) is 6.54 Å². The van der Waals surface area contributed by atoms with Gasteiger partial charge in [0.25, 0.3) is 0 Å². The van der Waals surface area contributed by atoms with Crippen molar-refractivity contribution in [2.75, 3.05) is 6.54 Å². The van der Waals surface area contributed by atoms with Crippen LogP contribution in [0.4, 0.5) is 0 Å². The van der Waals surface area contributed by atoms with Crippen molar-refractivity contribution in [2.45, 2.75) is 110 Å². The first-order valence-corrected chi connectivity index (χ1v) is 10.1. The van der Waals surface area contributed by atoms with E-state index in [0.717, 1.165) is 19.3 Å². The molecule has 0 aliphatic heterocycles. The summed E-state index contributed by atoms with van der Waals surface area (Å²) >= 11 is 0. The molecule has 4 nitrogen and oxygen atoms in total. The van der Waals surface area contributed by atoms with Gasteiger partial charge in [-0.05, 0) is 6.42 Å². The number of esters is 2. The Balaban J connectivity index is 0. The molecule has 0 aliphatic rings. The molecule has 2 N–H and O–H groups in total. The number of ether oxygens (including phenoxy) is 1. The van der Waals surface area contributed by atoms with Gasteiger partial charge in [0.2, 0.25) is 0 Å². The summed E-state index contributed by atoms with van der Waals surface area (Å²) in [4.78, 5) is 22.1. The zero-order chi connectivity index (χ0) is 17.9. The summed E-state index contributed by atoms with van der Waals surface area (Å²) in [5, 5.41) is 0. The van der Waals surface area contributed by atoms with Crippen LogP contribution in [0, 0.1) is 0 Å². The first kappa shape index (κ1) is 27.3. The third-order valence-corrected chi connectivity index (χ3v) is 4.38. The molecule has 25 heavy (non-hydrogen) atoms. The maximum atomic E-state index is 11.2. The molecule has 0 atom stereocenters. The van der Waals surface area contributed by atoms with Gasteiger partial charge in [-0.25, -0.2) is 0 Å². The fourth-order valence-corrected chi connectivity index (χ4v) is 2.86. The predicted molar refractivity (Wildman–Crippen MR) is 107 cm³/mol. The molecule has 144 valence electrons. The van der Waals surface area contributed by atoms with Crippen LogP contribution in [-0.2, 0) is 14.3 Å². The van der Waals surface area contributed by atoms with E-state index in [0.29, 0.717) is 6.42 Å². The molecule has 0 fully saturated rings. The Bertz CT molecular complexity index is 311. The molecule has 0 radical (unpaired) electrons. The van der Waals surface area contributed by atoms with Gasteiger partial charge in [0.1, 0.15) is 0 Å². The molecule has 0 aromatic heterocycles. The summed E-state index contributed by atoms with van der Waals surface area (Å²) in [6.07, 6.45) is 19.7. The third-order valence-electron chi connectivity index (χ3n) is 4.38. The minimum atomic E-state index is -0.638. The Morgan fingerprint density at radius 1 is 0.640 bits per heavy atom. The number of carbonyl (C=O) groups is 2. The van der Waals surface area contributed by atoms with Crippen LogP contribution < -0.4 is 5.73 Å². The first-order valence-electron chi connectivity index (χ1n) is 10.1. The van der Waals surface area contributed by atoms with Crippen molar-refractivity contribution in [2.24, 2.45) is 5.73 Å². The molecule has 0 aliphatic carbocycles. The van der Waals surface area contributed by atoms with Crippen LogP contribution >= 0.6 is 0 Å². The van der Waals surface area contributed by atoms with E-state index < -0.39 is 11.9 Å². The number of carbonyl (C=O) groups excluding carboxylic acids is 2. The van der Waals surface area contributed by atoms with Crippen LogP contribution in [0.25, 0.3) is 0 Å². The number of hydrogen-bond donors (Lipinski definition) is 1. The van der Waals surface area contributed by atoms with E-state index in [1.807, 2.05) is 0 Å². The summed E-state index contributed by atoms with van der Waals surface area (Å²) < 4.78 is 4.52. The minimum absolute atomic E-state index is 0. The van der Waals surface area contributed by atoms with Crippen LogP contribution in [-0.4, -0.2) is 48.0 Å². The van der Waals surface area contributed by atoms with Gasteiger partial charge in [0, 0.05) is 6.42 Å². The normalized spacial score (nSPS) is 10.3. The summed E-state index contributed by atoms with van der Waals surface area (Å²) in [6, 6.07) is 0. The van der Waals surface area contributed by atoms with Crippen molar-refractivity contribution < 1.29 is 14.3 Å². The van der Waals surface area contributed by atoms with E-state index in [9.17, 15) is 9.59 Å². The van der Waals surface area contributed by atoms with Crippen LogP contribution in [0.3, 0.4) is 0 Å². The second-order valence-electron chi connectivity index (χ2n) is 6.75. The van der Waals surface area contributed by atoms with Crippen molar-refractivity contribution in [3.05, 3.63) is 0 Å². The van der Waals surface area contributed by atoms with Gasteiger partial charge >= 0.3 is 41.5 Å². The number of unbranched alkanes of at least 4 members (excludes halogenated alkanes) is 14. The van der Waals surface area contributed by atoms with Gasteiger partial charge in [-0.3, -0.25) is 9.59 Å².